The van der Waals surface area contributed by atoms with Gasteiger partial charge < -0.3 is 8.85 Å². The fourth-order valence-electron chi connectivity index (χ4n) is 0.491. The molecule has 0 fully saturated rings. The summed E-state index contributed by atoms with van der Waals surface area (Å²) >= 11 is 0. The summed E-state index contributed by atoms with van der Waals surface area (Å²) in [5, 5.41) is 0. The van der Waals surface area contributed by atoms with Gasteiger partial charge in [0.25, 0.3) is 0 Å². The van der Waals surface area contributed by atoms with Crippen LogP contribution in [0.5, 0.6) is 0 Å². The van der Waals surface area contributed by atoms with Gasteiger partial charge in [0.15, 0.2) is 0 Å². The molecule has 0 aromatic rings. The monoisotopic (exact) mass is 147 g/mol. The van der Waals surface area contributed by atoms with Crippen molar-refractivity contribution in [3.8, 4) is 0 Å². The van der Waals surface area contributed by atoms with Gasteiger partial charge in [-0.25, -0.2) is 0 Å². The van der Waals surface area contributed by atoms with Crippen molar-refractivity contribution >= 4 is 9.28 Å². The molecule has 0 saturated carbocycles. The summed E-state index contributed by atoms with van der Waals surface area (Å²) in [5.74, 6) is 0. The second-order valence-corrected chi connectivity index (χ2v) is 3.33. The molecule has 55 valence electrons. The zero-order chi connectivity index (χ0) is 7.11. The minimum Gasteiger partial charge on any atom is -0.394 e. The number of hydrogen-bond acceptors (Lipinski definition) is 2. The maximum atomic E-state index is 5.31. The van der Waals surface area contributed by atoms with Crippen LogP contribution in [0.3, 0.4) is 0 Å². The largest absolute Gasteiger partial charge is 0.394 e. The van der Waals surface area contributed by atoms with Gasteiger partial charge in [0.1, 0.15) is 0 Å². The normalized spacial score (nSPS) is 10.7. The van der Waals surface area contributed by atoms with E-state index in [0.29, 0.717) is 0 Å². The molecule has 0 N–H and O–H groups in total. The lowest BCUT2D eigenvalue weighted by Gasteiger charge is -2.07. The Hall–Kier alpha value is 0.137. The Kier molecular flexibility index (Phi) is 6.35. The molecule has 0 aliphatic rings. The van der Waals surface area contributed by atoms with Crippen LogP contribution in [0.25, 0.3) is 0 Å². The summed E-state index contributed by atoms with van der Waals surface area (Å²) in [4.78, 5) is 0. The Bertz CT molecular complexity index is 59.0. The Balaban J connectivity index is 2.95. The van der Waals surface area contributed by atoms with Gasteiger partial charge in [-0.15, -0.1) is 0 Å². The van der Waals surface area contributed by atoms with Crippen LogP contribution in [0, 0.1) is 0 Å². The van der Waals surface area contributed by atoms with Gasteiger partial charge >= 0.3 is 9.28 Å². The predicted octanol–water partition coefficient (Wildman–Crippen LogP) is 1.57. The molecule has 0 amide bonds. The van der Waals surface area contributed by atoms with Crippen LogP contribution in [0.2, 0.25) is 6.55 Å². The maximum absolute atomic E-state index is 5.31. The van der Waals surface area contributed by atoms with Crippen molar-refractivity contribution in [1.29, 1.82) is 0 Å². The van der Waals surface area contributed by atoms with Crippen molar-refractivity contribution in [2.45, 2.75) is 26.8 Å². The summed E-state index contributed by atoms with van der Waals surface area (Å²) in [6.45, 7) is 7.72. The predicted molar refractivity (Wildman–Crippen MR) is 39.5 cm³/mol. The van der Waals surface area contributed by atoms with E-state index in [2.05, 4.69) is 6.92 Å². The molecule has 0 aromatic heterocycles. The molecular formula is C6H15O2Si. The van der Waals surface area contributed by atoms with Gasteiger partial charge in [-0.05, 0) is 19.9 Å². The average Bonchev–Trinajstić information content (AvgIpc) is 1.85. The van der Waals surface area contributed by atoms with Gasteiger partial charge in [-0.1, -0.05) is 6.92 Å². The van der Waals surface area contributed by atoms with Gasteiger partial charge in [0.2, 0.25) is 0 Å². The first kappa shape index (κ1) is 9.14. The molecular weight excluding hydrogens is 132 g/mol. The quantitative estimate of drug-likeness (QED) is 0.549. The average molecular weight is 147 g/mol. The highest BCUT2D eigenvalue weighted by Crippen LogP contribution is 1.89. The van der Waals surface area contributed by atoms with Gasteiger partial charge in [-0.3, -0.25) is 0 Å². The second-order valence-electron chi connectivity index (χ2n) is 1.77. The number of hydrogen-bond donors (Lipinski definition) is 0. The van der Waals surface area contributed by atoms with Crippen LogP contribution in [0.1, 0.15) is 20.3 Å². The number of rotatable bonds is 5. The maximum Gasteiger partial charge on any atom is 0.381 e. The topological polar surface area (TPSA) is 18.5 Å². The third kappa shape index (κ3) is 6.02. The van der Waals surface area contributed by atoms with E-state index in [1.807, 2.05) is 13.5 Å². The van der Waals surface area contributed by atoms with E-state index in [1.54, 1.807) is 0 Å². The lowest BCUT2D eigenvalue weighted by atomic mass is 10.5. The third-order valence-corrected chi connectivity index (χ3v) is 2.16. The highest BCUT2D eigenvalue weighted by Gasteiger charge is 2.03. The van der Waals surface area contributed by atoms with E-state index in [9.17, 15) is 0 Å². The molecule has 0 saturated heterocycles. The fraction of sp³-hybridized carbons (Fsp3) is 1.00. The van der Waals surface area contributed by atoms with Crippen molar-refractivity contribution in [3.63, 3.8) is 0 Å². The van der Waals surface area contributed by atoms with Gasteiger partial charge in [0, 0.05) is 13.2 Å². The minimum atomic E-state index is -0.903. The van der Waals surface area contributed by atoms with Crippen LogP contribution < -0.4 is 0 Å². The lowest BCUT2D eigenvalue weighted by molar-refractivity contribution is 0.210. The highest BCUT2D eigenvalue weighted by atomic mass is 28.3. The van der Waals surface area contributed by atoms with Crippen LogP contribution >= 0.6 is 0 Å². The molecule has 9 heavy (non-hydrogen) atoms. The molecule has 0 aromatic carbocycles. The highest BCUT2D eigenvalue weighted by molar-refractivity contribution is 6.42. The molecule has 1 radical (unpaired) electrons. The first-order valence-electron chi connectivity index (χ1n) is 3.40. The standard InChI is InChI=1S/C6H15O2Si/c1-4-6-8-9(3)7-5-2/h4-6H2,1-3H3. The first-order valence-corrected chi connectivity index (χ1v) is 5.22. The van der Waals surface area contributed by atoms with Crippen molar-refractivity contribution in [2.24, 2.45) is 0 Å². The summed E-state index contributed by atoms with van der Waals surface area (Å²) in [6.07, 6.45) is 1.08. The summed E-state index contributed by atoms with van der Waals surface area (Å²) in [6, 6.07) is 0. The van der Waals surface area contributed by atoms with Crippen molar-refractivity contribution in [3.05, 3.63) is 0 Å². The van der Waals surface area contributed by atoms with Gasteiger partial charge in [-0.2, -0.15) is 0 Å². The molecule has 0 unspecified atom stereocenters. The van der Waals surface area contributed by atoms with Crippen molar-refractivity contribution in [1.82, 2.24) is 0 Å². The molecule has 0 bridgehead atoms. The first-order chi connectivity index (χ1) is 4.31. The Morgan fingerprint density at radius 2 is 1.89 bits per heavy atom. The molecule has 0 atom stereocenters. The van der Waals surface area contributed by atoms with E-state index in [-0.39, 0.29) is 0 Å². The van der Waals surface area contributed by atoms with Crippen LogP contribution in [-0.4, -0.2) is 22.5 Å². The second kappa shape index (κ2) is 6.26. The van der Waals surface area contributed by atoms with Crippen molar-refractivity contribution < 1.29 is 8.85 Å². The smallest absolute Gasteiger partial charge is 0.381 e. The summed E-state index contributed by atoms with van der Waals surface area (Å²) in [7, 11) is -0.903. The molecule has 2 nitrogen and oxygen atoms in total. The molecule has 0 rings (SSSR count). The van der Waals surface area contributed by atoms with E-state index < -0.39 is 9.28 Å². The molecule has 0 spiro atoms. The SMILES string of the molecule is CCCO[Si](C)OCC. The van der Waals surface area contributed by atoms with E-state index in [4.69, 9.17) is 8.85 Å². The third-order valence-electron chi connectivity index (χ3n) is 0.857. The van der Waals surface area contributed by atoms with Crippen LogP contribution in [-0.2, 0) is 8.85 Å². The van der Waals surface area contributed by atoms with E-state index in [1.165, 1.54) is 0 Å². The lowest BCUT2D eigenvalue weighted by Crippen LogP contribution is -2.18. The molecule has 0 heterocycles. The van der Waals surface area contributed by atoms with Crippen LogP contribution in [0.15, 0.2) is 0 Å². The van der Waals surface area contributed by atoms with Crippen molar-refractivity contribution in [2.75, 3.05) is 13.2 Å². The minimum absolute atomic E-state index is 0.772. The van der Waals surface area contributed by atoms with Gasteiger partial charge in [0.05, 0.1) is 0 Å². The Labute approximate surface area is 59.0 Å². The molecule has 0 aliphatic carbocycles. The molecule has 3 heteroatoms. The summed E-state index contributed by atoms with van der Waals surface area (Å²) < 4.78 is 10.5. The Morgan fingerprint density at radius 1 is 1.22 bits per heavy atom. The fourth-order valence-corrected chi connectivity index (χ4v) is 1.47. The Morgan fingerprint density at radius 3 is 2.33 bits per heavy atom. The zero-order valence-corrected chi connectivity index (χ0v) is 7.44. The zero-order valence-electron chi connectivity index (χ0n) is 6.44. The van der Waals surface area contributed by atoms with E-state index in [0.717, 1.165) is 19.6 Å². The van der Waals surface area contributed by atoms with Crippen LogP contribution in [0.4, 0.5) is 0 Å². The molecule has 0 aliphatic heterocycles. The van der Waals surface area contributed by atoms with E-state index >= 15 is 0 Å². The summed E-state index contributed by atoms with van der Waals surface area (Å²) in [5.41, 5.74) is 0.